The van der Waals surface area contributed by atoms with E-state index in [0.717, 1.165) is 36.5 Å². The molecule has 3 heteroatoms. The summed E-state index contributed by atoms with van der Waals surface area (Å²) in [6.07, 6.45) is 3.31. The molecule has 1 aromatic heterocycles. The molecule has 17 heavy (non-hydrogen) atoms. The number of nitrogens with zero attached hydrogens (tertiary/aromatic N) is 3. The van der Waals surface area contributed by atoms with Gasteiger partial charge in [0.05, 0.1) is 5.69 Å². The minimum Gasteiger partial charge on any atom is -0.327 e. The molecule has 0 aliphatic carbocycles. The van der Waals surface area contributed by atoms with Crippen molar-refractivity contribution in [2.45, 2.75) is 25.8 Å². The summed E-state index contributed by atoms with van der Waals surface area (Å²) in [4.78, 5) is 4.48. The Morgan fingerprint density at radius 2 is 2.00 bits per heavy atom. The van der Waals surface area contributed by atoms with Gasteiger partial charge in [0.2, 0.25) is 0 Å². The summed E-state index contributed by atoms with van der Waals surface area (Å²) in [5.41, 5.74) is 2.80. The smallest absolute Gasteiger partial charge is 0.162 e. The first kappa shape index (κ1) is 10.1. The van der Waals surface area contributed by atoms with Gasteiger partial charge < -0.3 is 4.57 Å². The van der Waals surface area contributed by atoms with E-state index >= 15 is 0 Å². The van der Waals surface area contributed by atoms with Crippen molar-refractivity contribution in [1.82, 2.24) is 9.55 Å². The number of imidazole rings is 1. The SMILES string of the molecule is N#Cc1nc(-c2ccccc2)n2c1CCCC2. The predicted molar refractivity (Wildman–Crippen MR) is 65.3 cm³/mol. The van der Waals surface area contributed by atoms with Crippen LogP contribution in [0.1, 0.15) is 24.2 Å². The summed E-state index contributed by atoms with van der Waals surface area (Å²) >= 11 is 0. The highest BCUT2D eigenvalue weighted by Crippen LogP contribution is 2.26. The lowest BCUT2D eigenvalue weighted by atomic mass is 10.1. The third-order valence-electron chi connectivity index (χ3n) is 3.26. The third-order valence-corrected chi connectivity index (χ3v) is 3.26. The molecular formula is C14H13N3. The maximum Gasteiger partial charge on any atom is 0.162 e. The zero-order valence-corrected chi connectivity index (χ0v) is 9.56. The lowest BCUT2D eigenvalue weighted by Crippen LogP contribution is -2.11. The fourth-order valence-electron chi connectivity index (χ4n) is 2.44. The van der Waals surface area contributed by atoms with Crippen LogP contribution in [0, 0.1) is 11.3 Å². The number of fused-ring (bicyclic) bond motifs is 1. The molecule has 0 radical (unpaired) electrons. The van der Waals surface area contributed by atoms with Gasteiger partial charge in [0.15, 0.2) is 5.69 Å². The largest absolute Gasteiger partial charge is 0.327 e. The van der Waals surface area contributed by atoms with Crippen molar-refractivity contribution < 1.29 is 0 Å². The van der Waals surface area contributed by atoms with E-state index in [9.17, 15) is 0 Å². The van der Waals surface area contributed by atoms with E-state index in [4.69, 9.17) is 5.26 Å². The molecule has 1 aliphatic rings. The Morgan fingerprint density at radius 1 is 1.18 bits per heavy atom. The van der Waals surface area contributed by atoms with Gasteiger partial charge in [-0.05, 0) is 19.3 Å². The maximum absolute atomic E-state index is 9.13. The van der Waals surface area contributed by atoms with E-state index in [0.29, 0.717) is 5.69 Å². The van der Waals surface area contributed by atoms with Crippen LogP contribution in [0.4, 0.5) is 0 Å². The molecule has 0 unspecified atom stereocenters. The molecule has 0 fully saturated rings. The Morgan fingerprint density at radius 3 is 2.76 bits per heavy atom. The number of hydrogen-bond acceptors (Lipinski definition) is 2. The number of hydrogen-bond donors (Lipinski definition) is 0. The van der Waals surface area contributed by atoms with E-state index < -0.39 is 0 Å². The average molecular weight is 223 g/mol. The standard InChI is InChI=1S/C14H13N3/c15-10-12-13-8-4-5-9-17(13)14(16-12)11-6-2-1-3-7-11/h1-3,6-7H,4-5,8-9H2. The summed E-state index contributed by atoms with van der Waals surface area (Å²) in [5, 5.41) is 9.13. The van der Waals surface area contributed by atoms with Crippen LogP contribution in [-0.2, 0) is 13.0 Å². The van der Waals surface area contributed by atoms with Crippen molar-refractivity contribution in [3.05, 3.63) is 41.7 Å². The third kappa shape index (κ3) is 1.62. The molecule has 0 N–H and O–H groups in total. The highest BCUT2D eigenvalue weighted by atomic mass is 15.1. The first-order chi connectivity index (χ1) is 8.40. The van der Waals surface area contributed by atoms with Crippen LogP contribution in [0.2, 0.25) is 0 Å². The van der Waals surface area contributed by atoms with Crippen LogP contribution in [0.25, 0.3) is 11.4 Å². The second kappa shape index (κ2) is 4.06. The van der Waals surface area contributed by atoms with Crippen LogP contribution in [0.5, 0.6) is 0 Å². The summed E-state index contributed by atoms with van der Waals surface area (Å²) in [6, 6.07) is 12.3. The first-order valence-electron chi connectivity index (χ1n) is 5.95. The van der Waals surface area contributed by atoms with E-state index in [1.165, 1.54) is 6.42 Å². The Bertz CT molecular complexity index is 576. The number of aromatic nitrogens is 2. The Balaban J connectivity index is 2.18. The second-order valence-corrected chi connectivity index (χ2v) is 4.32. The van der Waals surface area contributed by atoms with Crippen LogP contribution in [0.15, 0.2) is 30.3 Å². The maximum atomic E-state index is 9.13. The van der Waals surface area contributed by atoms with Crippen LogP contribution < -0.4 is 0 Å². The fraction of sp³-hybridized carbons (Fsp3) is 0.286. The molecule has 2 aromatic rings. The minimum atomic E-state index is 0.601. The van der Waals surface area contributed by atoms with E-state index in [2.05, 4.69) is 15.6 Å². The molecule has 1 aliphatic heterocycles. The minimum absolute atomic E-state index is 0.601. The zero-order chi connectivity index (χ0) is 11.7. The zero-order valence-electron chi connectivity index (χ0n) is 9.56. The fourth-order valence-corrected chi connectivity index (χ4v) is 2.44. The molecule has 3 nitrogen and oxygen atoms in total. The predicted octanol–water partition coefficient (Wildman–Crippen LogP) is 2.76. The van der Waals surface area contributed by atoms with Gasteiger partial charge >= 0.3 is 0 Å². The van der Waals surface area contributed by atoms with Crippen LogP contribution in [-0.4, -0.2) is 9.55 Å². The molecule has 0 saturated carbocycles. The van der Waals surface area contributed by atoms with Crippen LogP contribution in [0.3, 0.4) is 0 Å². The number of nitriles is 1. The van der Waals surface area contributed by atoms with E-state index in [1.54, 1.807) is 0 Å². The lowest BCUT2D eigenvalue weighted by molar-refractivity contribution is 0.535. The topological polar surface area (TPSA) is 41.6 Å². The molecule has 84 valence electrons. The molecule has 0 saturated heterocycles. The van der Waals surface area contributed by atoms with Gasteiger partial charge in [0, 0.05) is 12.1 Å². The molecular weight excluding hydrogens is 210 g/mol. The van der Waals surface area contributed by atoms with Gasteiger partial charge in [-0.25, -0.2) is 4.98 Å². The molecule has 0 atom stereocenters. The Kier molecular flexibility index (Phi) is 2.41. The second-order valence-electron chi connectivity index (χ2n) is 4.32. The lowest BCUT2D eigenvalue weighted by Gasteiger charge is -2.16. The van der Waals surface area contributed by atoms with E-state index in [1.807, 2.05) is 30.3 Å². The summed E-state index contributed by atoms with van der Waals surface area (Å²) < 4.78 is 2.21. The van der Waals surface area contributed by atoms with Gasteiger partial charge in [0.25, 0.3) is 0 Å². The average Bonchev–Trinajstić information content (AvgIpc) is 2.78. The Labute approximate surface area is 100 Å². The quantitative estimate of drug-likeness (QED) is 0.746. The molecule has 0 bridgehead atoms. The number of benzene rings is 1. The van der Waals surface area contributed by atoms with Crippen molar-refractivity contribution >= 4 is 0 Å². The first-order valence-corrected chi connectivity index (χ1v) is 5.95. The normalized spacial score (nSPS) is 14.1. The molecule has 2 heterocycles. The molecule has 3 rings (SSSR count). The van der Waals surface area contributed by atoms with Gasteiger partial charge in [-0.1, -0.05) is 30.3 Å². The van der Waals surface area contributed by atoms with Crippen molar-refractivity contribution in [1.29, 1.82) is 5.26 Å². The highest BCUT2D eigenvalue weighted by molar-refractivity contribution is 5.58. The number of rotatable bonds is 1. The van der Waals surface area contributed by atoms with Gasteiger partial charge in [-0.2, -0.15) is 5.26 Å². The summed E-state index contributed by atoms with van der Waals surface area (Å²) in [6.45, 7) is 0.980. The summed E-state index contributed by atoms with van der Waals surface area (Å²) in [7, 11) is 0. The molecule has 0 amide bonds. The van der Waals surface area contributed by atoms with Crippen LogP contribution >= 0.6 is 0 Å². The van der Waals surface area contributed by atoms with Gasteiger partial charge in [0.1, 0.15) is 11.9 Å². The van der Waals surface area contributed by atoms with Gasteiger partial charge in [-0.15, -0.1) is 0 Å². The van der Waals surface area contributed by atoms with Crippen molar-refractivity contribution in [3.63, 3.8) is 0 Å². The van der Waals surface area contributed by atoms with Crippen molar-refractivity contribution in [2.75, 3.05) is 0 Å². The van der Waals surface area contributed by atoms with Crippen molar-refractivity contribution in [2.24, 2.45) is 0 Å². The van der Waals surface area contributed by atoms with E-state index in [-0.39, 0.29) is 0 Å². The van der Waals surface area contributed by atoms with Crippen molar-refractivity contribution in [3.8, 4) is 17.5 Å². The Hall–Kier alpha value is -2.08. The summed E-state index contributed by atoms with van der Waals surface area (Å²) in [5.74, 6) is 0.942. The molecule has 1 aromatic carbocycles. The molecule has 0 spiro atoms. The monoisotopic (exact) mass is 223 g/mol. The van der Waals surface area contributed by atoms with Gasteiger partial charge in [-0.3, -0.25) is 0 Å². The highest BCUT2D eigenvalue weighted by Gasteiger charge is 2.20.